The predicted octanol–water partition coefficient (Wildman–Crippen LogP) is 2.50. The third kappa shape index (κ3) is 3.71. The van der Waals surface area contributed by atoms with Crippen molar-refractivity contribution in [1.29, 1.82) is 0 Å². The molecule has 0 aromatic heterocycles. The fourth-order valence-electron chi connectivity index (χ4n) is 2.62. The van der Waals surface area contributed by atoms with Crippen LogP contribution in [0, 0.1) is 5.92 Å². The highest BCUT2D eigenvalue weighted by atomic mass is 19.4. The van der Waals surface area contributed by atoms with Crippen LogP contribution in [0.5, 0.6) is 0 Å². The van der Waals surface area contributed by atoms with Crippen LogP contribution < -0.4 is 11.3 Å². The van der Waals surface area contributed by atoms with Crippen LogP contribution in [0.25, 0.3) is 0 Å². The van der Waals surface area contributed by atoms with Crippen molar-refractivity contribution in [3.63, 3.8) is 0 Å². The number of alkyl halides is 3. The summed E-state index contributed by atoms with van der Waals surface area (Å²) >= 11 is 0. The molecule has 0 aliphatic carbocycles. The molecule has 1 fully saturated rings. The largest absolute Gasteiger partial charge is 0.416 e. The number of ether oxygens (including phenoxy) is 1. The van der Waals surface area contributed by atoms with E-state index in [-0.39, 0.29) is 18.1 Å². The summed E-state index contributed by atoms with van der Waals surface area (Å²) in [6.45, 7) is 2.58. The average molecular weight is 288 g/mol. The molecule has 3 atom stereocenters. The minimum absolute atomic E-state index is 0.0802. The smallest absolute Gasteiger partial charge is 0.378 e. The first-order valence-corrected chi connectivity index (χ1v) is 6.64. The van der Waals surface area contributed by atoms with Gasteiger partial charge in [-0.2, -0.15) is 13.2 Å². The van der Waals surface area contributed by atoms with Gasteiger partial charge in [-0.15, -0.1) is 0 Å². The molecule has 2 rings (SSSR count). The van der Waals surface area contributed by atoms with Crippen molar-refractivity contribution in [2.75, 3.05) is 6.61 Å². The van der Waals surface area contributed by atoms with E-state index in [2.05, 4.69) is 5.43 Å². The van der Waals surface area contributed by atoms with Crippen molar-refractivity contribution in [2.24, 2.45) is 11.8 Å². The molecule has 3 unspecified atom stereocenters. The number of halogens is 3. The number of nitrogens with two attached hydrogens (primary N) is 1. The lowest BCUT2D eigenvalue weighted by molar-refractivity contribution is -0.137. The average Bonchev–Trinajstić information content (AvgIpc) is 2.82. The van der Waals surface area contributed by atoms with Crippen LogP contribution in [0.2, 0.25) is 0 Å². The maximum Gasteiger partial charge on any atom is 0.416 e. The molecule has 20 heavy (non-hydrogen) atoms. The summed E-state index contributed by atoms with van der Waals surface area (Å²) in [6, 6.07) is 5.31. The molecule has 0 saturated carbocycles. The first kappa shape index (κ1) is 15.3. The Hall–Kier alpha value is -1.11. The summed E-state index contributed by atoms with van der Waals surface area (Å²) < 4.78 is 43.5. The zero-order valence-corrected chi connectivity index (χ0v) is 11.3. The van der Waals surface area contributed by atoms with Gasteiger partial charge in [0.05, 0.1) is 18.3 Å². The Morgan fingerprint density at radius 1 is 1.45 bits per heavy atom. The molecule has 0 radical (unpaired) electrons. The third-order valence-electron chi connectivity index (χ3n) is 3.72. The maximum absolute atomic E-state index is 12.7. The summed E-state index contributed by atoms with van der Waals surface area (Å²) in [4.78, 5) is 0. The van der Waals surface area contributed by atoms with E-state index in [1.807, 2.05) is 6.92 Å². The van der Waals surface area contributed by atoms with Crippen LogP contribution in [0.4, 0.5) is 13.2 Å². The lowest BCUT2D eigenvalue weighted by Gasteiger charge is -2.22. The Balaban J connectivity index is 2.08. The Bertz CT molecular complexity index is 450. The molecule has 1 heterocycles. The molecular weight excluding hydrogens is 269 g/mol. The lowest BCUT2D eigenvalue weighted by atomic mass is 9.91. The number of benzene rings is 1. The fourth-order valence-corrected chi connectivity index (χ4v) is 2.62. The Labute approximate surface area is 116 Å². The van der Waals surface area contributed by atoms with Crippen molar-refractivity contribution >= 4 is 0 Å². The van der Waals surface area contributed by atoms with Crippen LogP contribution in [-0.2, 0) is 17.3 Å². The van der Waals surface area contributed by atoms with E-state index in [1.165, 1.54) is 12.1 Å². The van der Waals surface area contributed by atoms with Gasteiger partial charge in [0.15, 0.2) is 0 Å². The van der Waals surface area contributed by atoms with E-state index >= 15 is 0 Å². The van der Waals surface area contributed by atoms with Crippen LogP contribution >= 0.6 is 0 Å². The molecule has 1 aliphatic heterocycles. The predicted molar refractivity (Wildman–Crippen MR) is 69.8 cm³/mol. The number of nitrogens with one attached hydrogen (secondary N) is 1. The SMILES string of the molecule is CC1CC(C(Cc2cccc(C(F)(F)F)c2)NN)CO1. The number of rotatable bonds is 4. The van der Waals surface area contributed by atoms with Crippen molar-refractivity contribution in [2.45, 2.75) is 38.1 Å². The highest BCUT2D eigenvalue weighted by Gasteiger charge is 2.32. The minimum Gasteiger partial charge on any atom is -0.378 e. The maximum atomic E-state index is 12.7. The molecule has 0 bridgehead atoms. The van der Waals surface area contributed by atoms with Gasteiger partial charge < -0.3 is 4.74 Å². The lowest BCUT2D eigenvalue weighted by Crippen LogP contribution is -2.42. The van der Waals surface area contributed by atoms with Crippen LogP contribution in [0.15, 0.2) is 24.3 Å². The molecule has 1 aromatic carbocycles. The van der Waals surface area contributed by atoms with E-state index in [9.17, 15) is 13.2 Å². The van der Waals surface area contributed by atoms with Gasteiger partial charge in [-0.3, -0.25) is 11.3 Å². The fraction of sp³-hybridized carbons (Fsp3) is 0.571. The van der Waals surface area contributed by atoms with Crippen LogP contribution in [0.1, 0.15) is 24.5 Å². The number of hydrazine groups is 1. The van der Waals surface area contributed by atoms with Crippen molar-refractivity contribution in [1.82, 2.24) is 5.43 Å². The molecule has 1 saturated heterocycles. The summed E-state index contributed by atoms with van der Waals surface area (Å²) in [5, 5.41) is 0. The topological polar surface area (TPSA) is 47.3 Å². The second kappa shape index (κ2) is 6.11. The molecule has 112 valence electrons. The normalized spacial score (nSPS) is 24.9. The Morgan fingerprint density at radius 2 is 2.20 bits per heavy atom. The summed E-state index contributed by atoms with van der Waals surface area (Å²) in [5.74, 6) is 5.77. The molecule has 3 N–H and O–H groups in total. The van der Waals surface area contributed by atoms with E-state index in [0.717, 1.165) is 12.5 Å². The zero-order chi connectivity index (χ0) is 14.8. The van der Waals surface area contributed by atoms with Gasteiger partial charge in [-0.05, 0) is 31.4 Å². The monoisotopic (exact) mass is 288 g/mol. The van der Waals surface area contributed by atoms with Gasteiger partial charge in [-0.1, -0.05) is 18.2 Å². The minimum atomic E-state index is -4.31. The van der Waals surface area contributed by atoms with Crippen molar-refractivity contribution in [3.05, 3.63) is 35.4 Å². The van der Waals surface area contributed by atoms with Gasteiger partial charge in [0.1, 0.15) is 0 Å². The molecular formula is C14H19F3N2O. The molecule has 6 heteroatoms. The van der Waals surface area contributed by atoms with E-state index in [0.29, 0.717) is 18.6 Å². The molecule has 1 aromatic rings. The first-order chi connectivity index (χ1) is 9.40. The Morgan fingerprint density at radius 3 is 2.75 bits per heavy atom. The first-order valence-electron chi connectivity index (χ1n) is 6.64. The van der Waals surface area contributed by atoms with Gasteiger partial charge in [0, 0.05) is 12.0 Å². The second-order valence-corrected chi connectivity index (χ2v) is 5.32. The van der Waals surface area contributed by atoms with Crippen molar-refractivity contribution in [3.8, 4) is 0 Å². The van der Waals surface area contributed by atoms with Gasteiger partial charge in [0.25, 0.3) is 0 Å². The second-order valence-electron chi connectivity index (χ2n) is 5.32. The standard InChI is InChI=1S/C14H19F3N2O/c1-9-5-11(8-20-9)13(19-18)7-10-3-2-4-12(6-10)14(15,16)17/h2-4,6,9,11,13,19H,5,7-8,18H2,1H3. The molecule has 0 spiro atoms. The van der Waals surface area contributed by atoms with E-state index in [1.54, 1.807) is 6.07 Å². The highest BCUT2D eigenvalue weighted by Crippen LogP contribution is 2.30. The summed E-state index contributed by atoms with van der Waals surface area (Å²) in [5.41, 5.74) is 2.71. The zero-order valence-electron chi connectivity index (χ0n) is 11.3. The Kier molecular flexibility index (Phi) is 4.67. The number of hydrogen-bond acceptors (Lipinski definition) is 3. The van der Waals surface area contributed by atoms with Gasteiger partial charge in [0.2, 0.25) is 0 Å². The summed E-state index contributed by atoms with van der Waals surface area (Å²) in [6.07, 6.45) is -2.81. The van der Waals surface area contributed by atoms with Gasteiger partial charge >= 0.3 is 6.18 Å². The van der Waals surface area contributed by atoms with E-state index in [4.69, 9.17) is 10.6 Å². The molecule has 0 amide bonds. The molecule has 1 aliphatic rings. The molecule has 3 nitrogen and oxygen atoms in total. The quantitative estimate of drug-likeness (QED) is 0.661. The van der Waals surface area contributed by atoms with Crippen molar-refractivity contribution < 1.29 is 17.9 Å². The highest BCUT2D eigenvalue weighted by molar-refractivity contribution is 5.26. The van der Waals surface area contributed by atoms with Gasteiger partial charge in [-0.25, -0.2) is 0 Å². The van der Waals surface area contributed by atoms with E-state index < -0.39 is 11.7 Å². The van der Waals surface area contributed by atoms with Crippen LogP contribution in [-0.4, -0.2) is 18.8 Å². The number of hydrogen-bond donors (Lipinski definition) is 2. The third-order valence-corrected chi connectivity index (χ3v) is 3.72. The summed E-state index contributed by atoms with van der Waals surface area (Å²) in [7, 11) is 0. The van der Waals surface area contributed by atoms with Crippen LogP contribution in [0.3, 0.4) is 0 Å².